The molecule has 5 nitrogen and oxygen atoms in total. The molecule has 0 spiro atoms. The lowest BCUT2D eigenvalue weighted by molar-refractivity contribution is 0.0961. The molecule has 1 atom stereocenters. The van der Waals surface area contributed by atoms with Crippen LogP contribution in [0.3, 0.4) is 0 Å². The highest BCUT2D eigenvalue weighted by atomic mass is 16.6. The third-order valence-electron chi connectivity index (χ3n) is 2.44. The molecule has 0 bridgehead atoms. The monoisotopic (exact) mass is 221 g/mol. The number of aliphatic hydroxyl groups excluding tert-OH is 1. The molecular weight excluding hydrogens is 210 g/mol. The van der Waals surface area contributed by atoms with Gasteiger partial charge < -0.3 is 15.2 Å². The molecule has 3 rings (SSSR count). The molecule has 0 aromatic rings. The van der Waals surface area contributed by atoms with Gasteiger partial charge in [-0.05, 0) is 16.5 Å². The summed E-state index contributed by atoms with van der Waals surface area (Å²) in [6.45, 7) is 0.327. The van der Waals surface area contributed by atoms with Crippen LogP contribution in [0.15, 0.2) is 18.2 Å². The van der Waals surface area contributed by atoms with Crippen LogP contribution in [-0.2, 0) is 4.74 Å². The zero-order valence-electron chi connectivity index (χ0n) is 8.47. The molecule has 1 amide bonds. The van der Waals surface area contributed by atoms with Gasteiger partial charge >= 0.3 is 6.09 Å². The summed E-state index contributed by atoms with van der Waals surface area (Å²) in [5, 5.41) is 13.1. The third kappa shape index (κ3) is 1.90. The molecule has 0 radical (unpaired) electrons. The number of alkyl carbamates (subject to hydrolysis) is 1. The predicted molar refractivity (Wildman–Crippen MR) is 54.9 cm³/mol. The van der Waals surface area contributed by atoms with Crippen molar-refractivity contribution in [1.29, 1.82) is 0 Å². The largest absolute Gasteiger partial charge is 0.442 e. The van der Waals surface area contributed by atoms with Crippen molar-refractivity contribution in [2.45, 2.75) is 6.10 Å². The van der Waals surface area contributed by atoms with Crippen LogP contribution in [0.1, 0.15) is 10.4 Å². The van der Waals surface area contributed by atoms with E-state index in [0.717, 1.165) is 17.1 Å². The maximum absolute atomic E-state index is 10.2. The summed E-state index contributed by atoms with van der Waals surface area (Å²) in [4.78, 5) is 20.2. The molecule has 1 aliphatic heterocycles. The fraction of sp³-hybridized carbons (Fsp3) is 0.273. The molecule has 3 aliphatic rings. The van der Waals surface area contributed by atoms with Gasteiger partial charge in [-0.1, -0.05) is 12.1 Å². The molecule has 2 N–H and O–H groups in total. The Kier molecular flexibility index (Phi) is 2.87. The second-order valence-corrected chi connectivity index (χ2v) is 3.51. The van der Waals surface area contributed by atoms with E-state index in [-0.39, 0.29) is 12.7 Å². The smallest absolute Gasteiger partial charge is 0.407 e. The highest BCUT2D eigenvalue weighted by Gasteiger charge is 2.20. The number of amides is 1. The number of hydrogen-bond donors (Lipinski definition) is 2. The van der Waals surface area contributed by atoms with Crippen molar-refractivity contribution in [3.63, 3.8) is 0 Å². The first kappa shape index (κ1) is 10.6. The van der Waals surface area contributed by atoms with Crippen molar-refractivity contribution in [2.75, 3.05) is 13.2 Å². The van der Waals surface area contributed by atoms with Gasteiger partial charge in [-0.25, -0.2) is 4.79 Å². The van der Waals surface area contributed by atoms with Crippen molar-refractivity contribution >= 4 is 12.4 Å². The van der Waals surface area contributed by atoms with Crippen molar-refractivity contribution in [3.8, 4) is 0 Å². The van der Waals surface area contributed by atoms with Gasteiger partial charge in [-0.15, -0.1) is 0 Å². The molecule has 84 valence electrons. The van der Waals surface area contributed by atoms with Crippen LogP contribution in [0, 0.1) is 10.4 Å². The normalized spacial score (nSPS) is 19.1. The number of aldehydes is 1. The number of nitrogens with one attached hydrogen (secondary N) is 1. The first-order valence-electron chi connectivity index (χ1n) is 4.89. The molecule has 16 heavy (non-hydrogen) atoms. The van der Waals surface area contributed by atoms with Crippen molar-refractivity contribution in [2.24, 2.45) is 0 Å². The van der Waals surface area contributed by atoms with Gasteiger partial charge in [0.1, 0.15) is 6.10 Å². The van der Waals surface area contributed by atoms with E-state index in [2.05, 4.69) is 10.1 Å². The molecule has 1 fully saturated rings. The lowest BCUT2D eigenvalue weighted by Crippen LogP contribution is -2.17. The average Bonchev–Trinajstić information content (AvgIpc) is 2.69. The Hall–Kier alpha value is -1.88. The van der Waals surface area contributed by atoms with Gasteiger partial charge in [0.15, 0.2) is 6.29 Å². The highest BCUT2D eigenvalue weighted by molar-refractivity contribution is 5.77. The maximum Gasteiger partial charge on any atom is 0.407 e. The van der Waals surface area contributed by atoms with E-state index in [1.165, 1.54) is 5.22 Å². The molecule has 5 heteroatoms. The number of ether oxygens (including phenoxy) is 1. The second kappa shape index (κ2) is 4.32. The first-order chi connectivity index (χ1) is 7.74. The standard InChI is InChI=1S/C7H4O.C4H7NO3/c8-4-6-3-5-1-2-7(5)6;6-2-3-1-5-4(7)8-3/h1-4H;3,6H,1-2H2,(H,5,7). The minimum Gasteiger partial charge on any atom is -0.442 e. The molecule has 1 heterocycles. The minimum absolute atomic E-state index is 0.0985. The van der Waals surface area contributed by atoms with E-state index in [0.29, 0.717) is 6.54 Å². The molecule has 0 aromatic heterocycles. The molecular formula is C11H11NO4. The number of hydrogen-bond acceptors (Lipinski definition) is 4. The lowest BCUT2D eigenvalue weighted by Gasteiger charge is -2.03. The second-order valence-electron chi connectivity index (χ2n) is 3.51. The molecule has 1 unspecified atom stereocenters. The fourth-order valence-electron chi connectivity index (χ4n) is 1.45. The Bertz CT molecular complexity index is 511. The summed E-state index contributed by atoms with van der Waals surface area (Å²) in [6.07, 6.45) is 0.119. The molecule has 0 aromatic carbocycles. The number of carbonyl (C=O) groups is 2. The Morgan fingerprint density at radius 2 is 2.38 bits per heavy atom. The van der Waals surface area contributed by atoms with E-state index in [1.54, 1.807) is 0 Å². The molecule has 2 aliphatic carbocycles. The van der Waals surface area contributed by atoms with E-state index in [4.69, 9.17) is 5.11 Å². The molecule has 0 saturated carbocycles. The van der Waals surface area contributed by atoms with Gasteiger partial charge in [0.25, 0.3) is 0 Å². The van der Waals surface area contributed by atoms with Gasteiger partial charge in [0.2, 0.25) is 0 Å². The Balaban J connectivity index is 0.000000120. The van der Waals surface area contributed by atoms with E-state index >= 15 is 0 Å². The zero-order chi connectivity index (χ0) is 11.5. The minimum atomic E-state index is -0.441. The summed E-state index contributed by atoms with van der Waals surface area (Å²) in [5.41, 5.74) is 0.850. The summed E-state index contributed by atoms with van der Waals surface area (Å²) < 4.78 is 4.51. The van der Waals surface area contributed by atoms with Crippen LogP contribution >= 0.6 is 0 Å². The van der Waals surface area contributed by atoms with Crippen LogP contribution in [0.25, 0.3) is 0 Å². The SMILES string of the molecule is O=C1NCC(CO)O1.O=Cc1cc2ccc1=2. The zero-order valence-corrected chi connectivity index (χ0v) is 8.47. The average molecular weight is 221 g/mol. The van der Waals surface area contributed by atoms with Gasteiger partial charge in [0, 0.05) is 5.56 Å². The molecule has 1 saturated heterocycles. The van der Waals surface area contributed by atoms with Crippen LogP contribution in [0.5, 0.6) is 0 Å². The number of carbonyl (C=O) groups excluding carboxylic acids is 2. The Labute approximate surface area is 91.3 Å². The predicted octanol–water partition coefficient (Wildman–Crippen LogP) is 0.187. The van der Waals surface area contributed by atoms with E-state index in [1.807, 2.05) is 18.2 Å². The van der Waals surface area contributed by atoms with Crippen LogP contribution < -0.4 is 5.32 Å². The fourth-order valence-corrected chi connectivity index (χ4v) is 1.45. The number of benzene rings is 1. The van der Waals surface area contributed by atoms with Crippen molar-refractivity contribution < 1.29 is 19.4 Å². The van der Waals surface area contributed by atoms with Gasteiger partial charge in [-0.2, -0.15) is 0 Å². The summed E-state index contributed by atoms with van der Waals surface area (Å²) in [6, 6.07) is 5.85. The summed E-state index contributed by atoms with van der Waals surface area (Å²) >= 11 is 0. The number of cyclic esters (lactones) is 1. The van der Waals surface area contributed by atoms with Gasteiger partial charge in [0.05, 0.1) is 13.2 Å². The Morgan fingerprint density at radius 3 is 2.56 bits per heavy atom. The van der Waals surface area contributed by atoms with Gasteiger partial charge in [-0.3, -0.25) is 4.79 Å². The number of rotatable bonds is 2. The third-order valence-corrected chi connectivity index (χ3v) is 2.44. The first-order valence-corrected chi connectivity index (χ1v) is 4.89. The summed E-state index contributed by atoms with van der Waals surface area (Å²) in [7, 11) is 0. The van der Waals surface area contributed by atoms with Crippen LogP contribution in [-0.4, -0.2) is 36.7 Å². The highest BCUT2D eigenvalue weighted by Crippen LogP contribution is 2.12. The van der Waals surface area contributed by atoms with Crippen molar-refractivity contribution in [3.05, 3.63) is 34.2 Å². The van der Waals surface area contributed by atoms with E-state index < -0.39 is 6.09 Å². The Morgan fingerprint density at radius 1 is 1.56 bits per heavy atom. The van der Waals surface area contributed by atoms with E-state index in [9.17, 15) is 9.59 Å². The van der Waals surface area contributed by atoms with Crippen LogP contribution in [0.4, 0.5) is 4.79 Å². The maximum atomic E-state index is 10.2. The topological polar surface area (TPSA) is 75.6 Å². The summed E-state index contributed by atoms with van der Waals surface area (Å²) in [5.74, 6) is 0. The quantitative estimate of drug-likeness (QED) is 0.710. The van der Waals surface area contributed by atoms with Crippen molar-refractivity contribution in [1.82, 2.24) is 5.32 Å². The lowest BCUT2D eigenvalue weighted by atomic mass is 10.0. The number of aliphatic hydroxyl groups is 1. The van der Waals surface area contributed by atoms with Crippen LogP contribution in [0.2, 0.25) is 0 Å².